The number of ketones is 1. The normalized spacial score (nSPS) is 11.0. The van der Waals surface area contributed by atoms with E-state index in [9.17, 15) is 4.79 Å². The van der Waals surface area contributed by atoms with Gasteiger partial charge in [0.25, 0.3) is 0 Å². The Labute approximate surface area is 180 Å². The molecule has 0 unspecified atom stereocenters. The van der Waals surface area contributed by atoms with Crippen LogP contribution in [-0.4, -0.2) is 34.0 Å². The molecule has 0 radical (unpaired) electrons. The van der Waals surface area contributed by atoms with E-state index in [0.29, 0.717) is 42.4 Å². The van der Waals surface area contributed by atoms with Crippen molar-refractivity contribution >= 4 is 16.8 Å². The SMILES string of the molecule is CC(=O)c1c(OCCn2nccn2)c(OCCCc2ccccc2)c2occc2c1C. The number of hydrogen-bond donors (Lipinski definition) is 0. The Hall–Kier alpha value is -3.61. The molecule has 4 rings (SSSR count). The van der Waals surface area contributed by atoms with Gasteiger partial charge in [0, 0.05) is 5.39 Å². The molecule has 160 valence electrons. The van der Waals surface area contributed by atoms with Crippen molar-refractivity contribution in [2.75, 3.05) is 13.2 Å². The molecule has 2 aromatic carbocycles. The molecular weight excluding hydrogens is 394 g/mol. The maximum atomic E-state index is 12.5. The van der Waals surface area contributed by atoms with E-state index in [4.69, 9.17) is 13.9 Å². The number of ether oxygens (including phenoxy) is 2. The first-order valence-corrected chi connectivity index (χ1v) is 10.3. The van der Waals surface area contributed by atoms with Gasteiger partial charge in [-0.3, -0.25) is 4.79 Å². The van der Waals surface area contributed by atoms with Gasteiger partial charge in [-0.05, 0) is 43.9 Å². The lowest BCUT2D eigenvalue weighted by Crippen LogP contribution is -2.14. The van der Waals surface area contributed by atoms with Gasteiger partial charge in [0.15, 0.2) is 17.1 Å². The fourth-order valence-corrected chi connectivity index (χ4v) is 3.68. The highest BCUT2D eigenvalue weighted by Gasteiger charge is 2.24. The Bertz CT molecular complexity index is 1150. The Morgan fingerprint density at radius 3 is 2.52 bits per heavy atom. The topological polar surface area (TPSA) is 79.4 Å². The number of aryl methyl sites for hydroxylation is 2. The van der Waals surface area contributed by atoms with E-state index in [-0.39, 0.29) is 5.78 Å². The highest BCUT2D eigenvalue weighted by molar-refractivity contribution is 6.05. The maximum absolute atomic E-state index is 12.5. The number of hydrogen-bond acceptors (Lipinski definition) is 6. The summed E-state index contributed by atoms with van der Waals surface area (Å²) in [6.07, 6.45) is 6.55. The molecule has 2 aromatic heterocycles. The van der Waals surface area contributed by atoms with Gasteiger partial charge in [-0.2, -0.15) is 15.0 Å². The number of aromatic nitrogens is 3. The zero-order valence-electron chi connectivity index (χ0n) is 17.7. The van der Waals surface area contributed by atoms with Crippen molar-refractivity contribution in [3.05, 3.63) is 71.7 Å². The lowest BCUT2D eigenvalue weighted by atomic mass is 9.99. The number of carbonyl (C=O) groups is 1. The summed E-state index contributed by atoms with van der Waals surface area (Å²) in [7, 11) is 0. The van der Waals surface area contributed by atoms with Crippen LogP contribution >= 0.6 is 0 Å². The van der Waals surface area contributed by atoms with Crippen molar-refractivity contribution < 1.29 is 18.7 Å². The number of benzene rings is 2. The van der Waals surface area contributed by atoms with Gasteiger partial charge in [-0.1, -0.05) is 30.3 Å². The minimum absolute atomic E-state index is 0.0815. The van der Waals surface area contributed by atoms with Crippen molar-refractivity contribution in [2.45, 2.75) is 33.2 Å². The van der Waals surface area contributed by atoms with Crippen LogP contribution in [0.3, 0.4) is 0 Å². The molecular formula is C24H25N3O4. The van der Waals surface area contributed by atoms with Gasteiger partial charge in [-0.25, -0.2) is 0 Å². The fraction of sp³-hybridized carbons (Fsp3) is 0.292. The van der Waals surface area contributed by atoms with Crippen molar-refractivity contribution in [3.8, 4) is 11.5 Å². The molecule has 2 heterocycles. The third kappa shape index (κ3) is 4.60. The van der Waals surface area contributed by atoms with Crippen LogP contribution in [0.5, 0.6) is 11.5 Å². The average molecular weight is 419 g/mol. The molecule has 7 nitrogen and oxygen atoms in total. The average Bonchev–Trinajstić information content (AvgIpc) is 3.46. The minimum Gasteiger partial charge on any atom is -0.487 e. The molecule has 0 aliphatic heterocycles. The molecule has 0 saturated carbocycles. The summed E-state index contributed by atoms with van der Waals surface area (Å²) in [4.78, 5) is 14.0. The monoisotopic (exact) mass is 419 g/mol. The van der Waals surface area contributed by atoms with Crippen molar-refractivity contribution in [2.24, 2.45) is 0 Å². The smallest absolute Gasteiger partial charge is 0.205 e. The molecule has 0 bridgehead atoms. The number of nitrogens with zero attached hydrogens (tertiary/aromatic N) is 3. The van der Waals surface area contributed by atoms with E-state index in [2.05, 4.69) is 22.3 Å². The van der Waals surface area contributed by atoms with E-state index in [1.807, 2.05) is 31.2 Å². The van der Waals surface area contributed by atoms with Crippen LogP contribution in [0.15, 0.2) is 59.5 Å². The number of furan rings is 1. The molecule has 0 spiro atoms. The van der Waals surface area contributed by atoms with Crippen molar-refractivity contribution in [3.63, 3.8) is 0 Å². The van der Waals surface area contributed by atoms with Gasteiger partial charge in [0.2, 0.25) is 5.75 Å². The molecule has 0 fully saturated rings. The summed E-state index contributed by atoms with van der Waals surface area (Å²) in [5.74, 6) is 0.804. The first-order valence-electron chi connectivity index (χ1n) is 10.3. The summed E-state index contributed by atoms with van der Waals surface area (Å²) < 4.78 is 18.0. The summed E-state index contributed by atoms with van der Waals surface area (Å²) in [5.41, 5.74) is 3.18. The molecule has 0 saturated heterocycles. The third-order valence-electron chi connectivity index (χ3n) is 5.14. The summed E-state index contributed by atoms with van der Waals surface area (Å²) in [5, 5.41) is 9.02. The third-order valence-corrected chi connectivity index (χ3v) is 5.14. The maximum Gasteiger partial charge on any atom is 0.205 e. The predicted octanol–water partition coefficient (Wildman–Crippen LogP) is 4.63. The molecule has 31 heavy (non-hydrogen) atoms. The fourth-order valence-electron chi connectivity index (χ4n) is 3.68. The minimum atomic E-state index is -0.0815. The van der Waals surface area contributed by atoms with Gasteiger partial charge < -0.3 is 13.9 Å². The molecule has 4 aromatic rings. The van der Waals surface area contributed by atoms with E-state index in [1.165, 1.54) is 17.3 Å². The quantitative estimate of drug-likeness (QED) is 0.276. The second-order valence-corrected chi connectivity index (χ2v) is 7.29. The van der Waals surface area contributed by atoms with Gasteiger partial charge in [0.05, 0.1) is 37.4 Å². The van der Waals surface area contributed by atoms with Crippen molar-refractivity contribution in [1.82, 2.24) is 15.0 Å². The number of rotatable bonds is 10. The number of carbonyl (C=O) groups excluding carboxylic acids is 1. The highest BCUT2D eigenvalue weighted by Crippen LogP contribution is 2.43. The standard InChI is InChI=1S/C24H25N3O4/c1-17-20-10-15-30-22(20)24(29-14-6-9-19-7-4-3-5-8-19)23(21(17)18(2)28)31-16-13-27-25-11-12-26-27/h3-5,7-8,10-12,15H,6,9,13-14,16H2,1-2H3. The molecule has 0 amide bonds. The lowest BCUT2D eigenvalue weighted by molar-refractivity contribution is 0.101. The number of Topliss-reactive ketones (excluding diaryl/α,β-unsaturated/α-hetero) is 1. The van der Waals surface area contributed by atoms with Crippen LogP contribution in [0.1, 0.15) is 34.8 Å². The lowest BCUT2D eigenvalue weighted by Gasteiger charge is -2.18. The van der Waals surface area contributed by atoms with E-state index in [0.717, 1.165) is 23.8 Å². The predicted molar refractivity (Wildman–Crippen MR) is 117 cm³/mol. The largest absolute Gasteiger partial charge is 0.487 e. The summed E-state index contributed by atoms with van der Waals surface area (Å²) >= 11 is 0. The second-order valence-electron chi connectivity index (χ2n) is 7.29. The van der Waals surface area contributed by atoms with E-state index >= 15 is 0 Å². The van der Waals surface area contributed by atoms with Crippen LogP contribution in [-0.2, 0) is 13.0 Å². The van der Waals surface area contributed by atoms with Crippen LogP contribution in [0.4, 0.5) is 0 Å². The molecule has 0 aliphatic rings. The van der Waals surface area contributed by atoms with Gasteiger partial charge >= 0.3 is 0 Å². The van der Waals surface area contributed by atoms with Crippen LogP contribution in [0, 0.1) is 6.92 Å². The van der Waals surface area contributed by atoms with Gasteiger partial charge in [0.1, 0.15) is 6.61 Å². The van der Waals surface area contributed by atoms with Gasteiger partial charge in [-0.15, -0.1) is 0 Å². The first kappa shape index (κ1) is 20.7. The Morgan fingerprint density at radius 2 is 1.77 bits per heavy atom. The van der Waals surface area contributed by atoms with Crippen LogP contribution in [0.25, 0.3) is 11.0 Å². The number of fused-ring (bicyclic) bond motifs is 1. The second kappa shape index (κ2) is 9.47. The van der Waals surface area contributed by atoms with E-state index in [1.54, 1.807) is 18.7 Å². The Morgan fingerprint density at radius 1 is 1.03 bits per heavy atom. The zero-order valence-corrected chi connectivity index (χ0v) is 17.7. The van der Waals surface area contributed by atoms with Crippen molar-refractivity contribution in [1.29, 1.82) is 0 Å². The Balaban J connectivity index is 1.58. The molecule has 0 N–H and O–H groups in total. The Kier molecular flexibility index (Phi) is 6.31. The first-order chi connectivity index (χ1) is 15.1. The summed E-state index contributed by atoms with van der Waals surface area (Å²) in [6.45, 7) is 4.65. The molecule has 0 aliphatic carbocycles. The van der Waals surface area contributed by atoms with E-state index < -0.39 is 0 Å². The molecule has 0 atom stereocenters. The molecule has 7 heteroatoms. The highest BCUT2D eigenvalue weighted by atomic mass is 16.5. The summed E-state index contributed by atoms with van der Waals surface area (Å²) in [6, 6.07) is 12.1. The van der Waals surface area contributed by atoms with Crippen LogP contribution < -0.4 is 9.47 Å². The van der Waals surface area contributed by atoms with Crippen LogP contribution in [0.2, 0.25) is 0 Å². The zero-order chi connectivity index (χ0) is 21.6.